The van der Waals surface area contributed by atoms with Gasteiger partial charge < -0.3 is 10.4 Å². The molecule has 1 aromatic carbocycles. The topological polar surface area (TPSA) is 45.1 Å². The monoisotopic (exact) mass is 262 g/mol. The van der Waals surface area contributed by atoms with Gasteiger partial charge in [-0.25, -0.2) is 4.98 Å². The molecule has 2 N–H and O–H groups in total. The molecule has 1 aromatic heterocycles. The Balaban J connectivity index is 1.78. The summed E-state index contributed by atoms with van der Waals surface area (Å²) in [5, 5.41) is 13.9. The van der Waals surface area contributed by atoms with Gasteiger partial charge in [-0.05, 0) is 31.9 Å². The molecule has 3 rings (SSSR count). The molecule has 96 valence electrons. The highest BCUT2D eigenvalue weighted by atomic mass is 32.1. The van der Waals surface area contributed by atoms with E-state index in [0.29, 0.717) is 6.04 Å². The molecule has 0 saturated carbocycles. The molecular weight excluding hydrogens is 244 g/mol. The van der Waals surface area contributed by atoms with Gasteiger partial charge in [0, 0.05) is 11.6 Å². The molecule has 4 heteroatoms. The lowest BCUT2D eigenvalue weighted by molar-refractivity contribution is 0.146. The number of fused-ring (bicyclic) bond motifs is 1. The first-order valence-corrected chi connectivity index (χ1v) is 7.46. The molecular formula is C14H18N2OS. The average molecular weight is 262 g/mol. The largest absolute Gasteiger partial charge is 0.388 e. The molecule has 1 fully saturated rings. The molecule has 2 unspecified atom stereocenters. The lowest BCUT2D eigenvalue weighted by Crippen LogP contribution is -2.35. The molecule has 2 aromatic rings. The number of hydrogen-bond donors (Lipinski definition) is 2. The fraction of sp³-hybridized carbons (Fsp3) is 0.500. The van der Waals surface area contributed by atoms with E-state index in [1.54, 1.807) is 11.3 Å². The van der Waals surface area contributed by atoms with Gasteiger partial charge in [0.05, 0.1) is 21.8 Å². The van der Waals surface area contributed by atoms with Crippen molar-refractivity contribution in [3.8, 4) is 0 Å². The Kier molecular flexibility index (Phi) is 3.59. The highest BCUT2D eigenvalue weighted by Crippen LogP contribution is 2.29. The Labute approximate surface area is 111 Å². The van der Waals surface area contributed by atoms with E-state index in [0.717, 1.165) is 28.7 Å². The van der Waals surface area contributed by atoms with Crippen molar-refractivity contribution >= 4 is 21.6 Å². The number of aromatic nitrogens is 1. The zero-order valence-electron chi connectivity index (χ0n) is 10.3. The van der Waals surface area contributed by atoms with Crippen LogP contribution in [0.1, 0.15) is 37.4 Å². The van der Waals surface area contributed by atoms with Crippen molar-refractivity contribution in [3.05, 3.63) is 29.3 Å². The standard InChI is InChI=1S/C14H18N2OS/c17-12(8-10-4-1-2-7-15-10)11-5-3-6-13-14(11)16-9-18-13/h3,5-6,9-10,12,15,17H,1-2,4,7-8H2. The van der Waals surface area contributed by atoms with Gasteiger partial charge in [0.2, 0.25) is 0 Å². The summed E-state index contributed by atoms with van der Waals surface area (Å²) in [6.07, 6.45) is 4.08. The van der Waals surface area contributed by atoms with Gasteiger partial charge in [0.25, 0.3) is 0 Å². The Morgan fingerprint density at radius 3 is 3.22 bits per heavy atom. The lowest BCUT2D eigenvalue weighted by Gasteiger charge is -2.25. The first-order valence-electron chi connectivity index (χ1n) is 6.58. The summed E-state index contributed by atoms with van der Waals surface area (Å²) in [5.74, 6) is 0. The van der Waals surface area contributed by atoms with Crippen LogP contribution < -0.4 is 5.32 Å². The molecule has 1 aliphatic rings. The summed E-state index contributed by atoms with van der Waals surface area (Å²) in [4.78, 5) is 4.37. The van der Waals surface area contributed by atoms with E-state index in [4.69, 9.17) is 0 Å². The van der Waals surface area contributed by atoms with Crippen molar-refractivity contribution in [2.45, 2.75) is 37.8 Å². The van der Waals surface area contributed by atoms with Gasteiger partial charge in [0.15, 0.2) is 0 Å². The van der Waals surface area contributed by atoms with E-state index >= 15 is 0 Å². The van der Waals surface area contributed by atoms with E-state index < -0.39 is 6.10 Å². The first kappa shape index (κ1) is 12.1. The number of aliphatic hydroxyl groups is 1. The second-order valence-electron chi connectivity index (χ2n) is 4.94. The van der Waals surface area contributed by atoms with Gasteiger partial charge in [0.1, 0.15) is 0 Å². The van der Waals surface area contributed by atoms with Crippen LogP contribution in [0.2, 0.25) is 0 Å². The maximum absolute atomic E-state index is 10.4. The minimum atomic E-state index is -0.411. The van der Waals surface area contributed by atoms with E-state index in [1.807, 2.05) is 17.6 Å². The third kappa shape index (κ3) is 2.41. The minimum Gasteiger partial charge on any atom is -0.388 e. The van der Waals surface area contributed by atoms with Gasteiger partial charge in [-0.2, -0.15) is 0 Å². The summed E-state index contributed by atoms with van der Waals surface area (Å²) < 4.78 is 1.16. The molecule has 3 nitrogen and oxygen atoms in total. The highest BCUT2D eigenvalue weighted by Gasteiger charge is 2.19. The van der Waals surface area contributed by atoms with Gasteiger partial charge in [-0.1, -0.05) is 18.6 Å². The van der Waals surface area contributed by atoms with Crippen molar-refractivity contribution in [2.24, 2.45) is 0 Å². The van der Waals surface area contributed by atoms with E-state index in [2.05, 4.69) is 16.4 Å². The number of para-hydroxylation sites is 1. The van der Waals surface area contributed by atoms with Crippen LogP contribution in [-0.2, 0) is 0 Å². The number of thiazole rings is 1. The second kappa shape index (κ2) is 5.34. The first-order chi connectivity index (χ1) is 8.84. The summed E-state index contributed by atoms with van der Waals surface area (Å²) in [6, 6.07) is 6.51. The summed E-state index contributed by atoms with van der Waals surface area (Å²) in [5.41, 5.74) is 3.78. The molecule has 1 saturated heterocycles. The maximum Gasteiger partial charge on any atom is 0.0869 e. The molecule has 2 heterocycles. The summed E-state index contributed by atoms with van der Waals surface area (Å²) in [6.45, 7) is 1.08. The Morgan fingerprint density at radius 1 is 1.44 bits per heavy atom. The third-order valence-electron chi connectivity index (χ3n) is 3.67. The van der Waals surface area contributed by atoms with Gasteiger partial charge in [-0.3, -0.25) is 0 Å². The van der Waals surface area contributed by atoms with Crippen molar-refractivity contribution in [1.82, 2.24) is 10.3 Å². The Hall–Kier alpha value is -0.970. The molecule has 18 heavy (non-hydrogen) atoms. The van der Waals surface area contributed by atoms with Crippen LogP contribution >= 0.6 is 11.3 Å². The number of rotatable bonds is 3. The number of aliphatic hydroxyl groups excluding tert-OH is 1. The van der Waals surface area contributed by atoms with Crippen LogP contribution in [0.25, 0.3) is 10.2 Å². The Bertz CT molecular complexity index is 519. The van der Waals surface area contributed by atoms with Crippen molar-refractivity contribution in [3.63, 3.8) is 0 Å². The quantitative estimate of drug-likeness (QED) is 0.894. The smallest absolute Gasteiger partial charge is 0.0869 e. The summed E-state index contributed by atoms with van der Waals surface area (Å²) in [7, 11) is 0. The number of piperidine rings is 1. The van der Waals surface area contributed by atoms with Crippen LogP contribution in [0.3, 0.4) is 0 Å². The van der Waals surface area contributed by atoms with Crippen LogP contribution in [0.15, 0.2) is 23.7 Å². The third-order valence-corrected chi connectivity index (χ3v) is 4.47. The molecule has 2 atom stereocenters. The van der Waals surface area contributed by atoms with Crippen LogP contribution in [-0.4, -0.2) is 22.7 Å². The average Bonchev–Trinajstić information content (AvgIpc) is 2.87. The van der Waals surface area contributed by atoms with Crippen LogP contribution in [0.5, 0.6) is 0 Å². The van der Waals surface area contributed by atoms with Crippen molar-refractivity contribution in [1.29, 1.82) is 0 Å². The van der Waals surface area contributed by atoms with E-state index in [9.17, 15) is 5.11 Å². The lowest BCUT2D eigenvalue weighted by atomic mass is 9.95. The maximum atomic E-state index is 10.4. The molecule has 0 spiro atoms. The number of hydrogen-bond acceptors (Lipinski definition) is 4. The molecule has 0 aliphatic carbocycles. The van der Waals surface area contributed by atoms with E-state index in [1.165, 1.54) is 19.3 Å². The van der Waals surface area contributed by atoms with Crippen molar-refractivity contribution < 1.29 is 5.11 Å². The molecule has 0 bridgehead atoms. The number of nitrogens with zero attached hydrogens (tertiary/aromatic N) is 1. The normalized spacial score (nSPS) is 22.2. The van der Waals surface area contributed by atoms with E-state index in [-0.39, 0.29) is 0 Å². The molecule has 1 aliphatic heterocycles. The number of benzene rings is 1. The predicted octanol–water partition coefficient (Wildman–Crippen LogP) is 2.86. The van der Waals surface area contributed by atoms with Crippen LogP contribution in [0, 0.1) is 0 Å². The fourth-order valence-electron chi connectivity index (χ4n) is 2.70. The van der Waals surface area contributed by atoms with Gasteiger partial charge in [-0.15, -0.1) is 11.3 Å². The SMILES string of the molecule is OC(CC1CCCCN1)c1cccc2scnc12. The second-order valence-corrected chi connectivity index (χ2v) is 5.83. The Morgan fingerprint density at radius 2 is 2.39 bits per heavy atom. The van der Waals surface area contributed by atoms with Crippen LogP contribution in [0.4, 0.5) is 0 Å². The minimum absolute atomic E-state index is 0.411. The zero-order chi connectivity index (χ0) is 12.4. The summed E-state index contributed by atoms with van der Waals surface area (Å²) >= 11 is 1.63. The highest BCUT2D eigenvalue weighted by molar-refractivity contribution is 7.16. The van der Waals surface area contributed by atoms with Gasteiger partial charge >= 0.3 is 0 Å². The molecule has 0 radical (unpaired) electrons. The van der Waals surface area contributed by atoms with Crippen molar-refractivity contribution in [2.75, 3.05) is 6.54 Å². The number of nitrogens with one attached hydrogen (secondary N) is 1. The molecule has 0 amide bonds. The predicted molar refractivity (Wildman–Crippen MR) is 74.8 cm³/mol. The fourth-order valence-corrected chi connectivity index (χ4v) is 3.41. The zero-order valence-corrected chi connectivity index (χ0v) is 11.1.